The van der Waals surface area contributed by atoms with Crippen LogP contribution in [0.5, 0.6) is 0 Å². The number of carbonyl (C=O) groups excluding carboxylic acids is 1. The highest BCUT2D eigenvalue weighted by Gasteiger charge is 2.30. The van der Waals surface area contributed by atoms with Crippen LogP contribution >= 0.6 is 0 Å². The molecular weight excluding hydrogens is 352 g/mol. The van der Waals surface area contributed by atoms with Gasteiger partial charge in [0, 0.05) is 44.3 Å². The molecule has 0 aliphatic carbocycles. The van der Waals surface area contributed by atoms with E-state index in [9.17, 15) is 13.2 Å². The predicted molar refractivity (Wildman–Crippen MR) is 99.5 cm³/mol. The number of anilines is 1. The number of piperazine rings is 1. The maximum absolute atomic E-state index is 12.8. The number of nitrogens with zero attached hydrogens (tertiary/aromatic N) is 3. The molecule has 3 rings (SSSR count). The highest BCUT2D eigenvalue weighted by Crippen LogP contribution is 2.20. The number of sulfonamides is 1. The van der Waals surface area contributed by atoms with Gasteiger partial charge in [-0.15, -0.1) is 0 Å². The highest BCUT2D eigenvalue weighted by molar-refractivity contribution is 7.89. The van der Waals surface area contributed by atoms with Crippen LogP contribution in [0.1, 0.15) is 11.1 Å². The summed E-state index contributed by atoms with van der Waals surface area (Å²) < 4.78 is 27.1. The van der Waals surface area contributed by atoms with Gasteiger partial charge in [0.05, 0.1) is 4.90 Å². The number of hydrogen-bond acceptors (Lipinski definition) is 4. The summed E-state index contributed by atoms with van der Waals surface area (Å²) >= 11 is 0. The van der Waals surface area contributed by atoms with Crippen molar-refractivity contribution in [3.8, 4) is 0 Å². The molecule has 1 aromatic carbocycles. The molecule has 0 radical (unpaired) electrons. The fraction of sp³-hybridized carbons (Fsp3) is 0.333. The molecule has 2 aromatic rings. The molecule has 26 heavy (non-hydrogen) atoms. The van der Waals surface area contributed by atoms with E-state index in [0.717, 1.165) is 11.1 Å². The molecule has 1 aliphatic rings. The second-order valence-electron chi connectivity index (χ2n) is 6.30. The summed E-state index contributed by atoms with van der Waals surface area (Å²) in [5, 5.41) is 2.79. The first-order chi connectivity index (χ1) is 12.4. The fourth-order valence-electron chi connectivity index (χ4n) is 2.79. The predicted octanol–water partition coefficient (Wildman–Crippen LogP) is 2.24. The van der Waals surface area contributed by atoms with Gasteiger partial charge in [0.15, 0.2) is 0 Å². The fourth-order valence-corrected chi connectivity index (χ4v) is 4.30. The first-order valence-corrected chi connectivity index (χ1v) is 9.85. The zero-order chi connectivity index (χ0) is 18.7. The van der Waals surface area contributed by atoms with E-state index in [1.807, 2.05) is 19.9 Å². The van der Waals surface area contributed by atoms with E-state index in [2.05, 4.69) is 10.3 Å². The molecule has 0 saturated carbocycles. The monoisotopic (exact) mass is 374 g/mol. The Hall–Kier alpha value is -2.45. The van der Waals surface area contributed by atoms with E-state index in [0.29, 0.717) is 23.7 Å². The molecule has 0 atom stereocenters. The van der Waals surface area contributed by atoms with Crippen LogP contribution in [0.3, 0.4) is 0 Å². The van der Waals surface area contributed by atoms with Gasteiger partial charge in [0.25, 0.3) is 0 Å². The number of hydrogen-bond donors (Lipinski definition) is 1. The lowest BCUT2D eigenvalue weighted by molar-refractivity contribution is 0.184. The number of urea groups is 1. The number of nitrogens with one attached hydrogen (secondary N) is 1. The molecule has 1 aromatic heterocycles. The van der Waals surface area contributed by atoms with E-state index in [1.54, 1.807) is 41.6 Å². The smallest absolute Gasteiger partial charge is 0.321 e. The van der Waals surface area contributed by atoms with Gasteiger partial charge in [-0.05, 0) is 49.2 Å². The number of carbonyl (C=O) groups is 1. The molecule has 7 nitrogen and oxygen atoms in total. The van der Waals surface area contributed by atoms with Gasteiger partial charge in [0.1, 0.15) is 0 Å². The van der Waals surface area contributed by atoms with Gasteiger partial charge >= 0.3 is 6.03 Å². The quantitative estimate of drug-likeness (QED) is 0.893. The van der Waals surface area contributed by atoms with Crippen molar-refractivity contribution in [3.63, 3.8) is 0 Å². The summed E-state index contributed by atoms with van der Waals surface area (Å²) in [5.74, 6) is 0. The van der Waals surface area contributed by atoms with Crippen LogP contribution in [0.4, 0.5) is 10.5 Å². The van der Waals surface area contributed by atoms with Crippen molar-refractivity contribution in [1.29, 1.82) is 0 Å². The minimum atomic E-state index is -3.54. The molecule has 2 amide bonds. The number of rotatable bonds is 3. The Morgan fingerprint density at radius 1 is 1.00 bits per heavy atom. The van der Waals surface area contributed by atoms with Crippen molar-refractivity contribution in [2.24, 2.45) is 0 Å². The Morgan fingerprint density at radius 2 is 1.65 bits per heavy atom. The average Bonchev–Trinajstić information content (AvgIpc) is 2.65. The van der Waals surface area contributed by atoms with Crippen LogP contribution in [-0.2, 0) is 10.0 Å². The molecule has 1 fully saturated rings. The van der Waals surface area contributed by atoms with Crippen molar-refractivity contribution in [2.45, 2.75) is 18.7 Å². The Balaban J connectivity index is 1.64. The molecule has 1 N–H and O–H groups in total. The molecule has 0 bridgehead atoms. The van der Waals surface area contributed by atoms with Crippen LogP contribution in [0.25, 0.3) is 0 Å². The SMILES string of the molecule is Cc1ccc(S(=O)(=O)N2CCN(C(=O)Nc3ccncc3)CC2)cc1C. The van der Waals surface area contributed by atoms with Crippen molar-refractivity contribution >= 4 is 21.7 Å². The molecule has 1 aliphatic heterocycles. The van der Waals surface area contributed by atoms with Crippen molar-refractivity contribution in [1.82, 2.24) is 14.2 Å². The standard InChI is InChI=1S/C18H22N4O3S/c1-14-3-4-17(13-15(14)2)26(24,25)22-11-9-21(10-12-22)18(23)20-16-5-7-19-8-6-16/h3-8,13H,9-12H2,1-2H3,(H,19,20,23). The highest BCUT2D eigenvalue weighted by atomic mass is 32.2. The second-order valence-corrected chi connectivity index (χ2v) is 8.24. The third-order valence-corrected chi connectivity index (χ3v) is 6.47. The van der Waals surface area contributed by atoms with Gasteiger partial charge in [0.2, 0.25) is 10.0 Å². The van der Waals surface area contributed by atoms with E-state index < -0.39 is 10.0 Å². The Bertz CT molecular complexity index is 892. The second kappa shape index (κ2) is 7.43. The Morgan fingerprint density at radius 3 is 2.27 bits per heavy atom. The summed E-state index contributed by atoms with van der Waals surface area (Å²) in [6.45, 7) is 5.10. The summed E-state index contributed by atoms with van der Waals surface area (Å²) in [7, 11) is -3.54. The first kappa shape index (κ1) is 18.3. The Labute approximate surface area is 153 Å². The largest absolute Gasteiger partial charge is 0.322 e. The van der Waals surface area contributed by atoms with Crippen LogP contribution < -0.4 is 5.32 Å². The van der Waals surface area contributed by atoms with Crippen LogP contribution in [0.15, 0.2) is 47.6 Å². The van der Waals surface area contributed by atoms with Crippen molar-refractivity contribution < 1.29 is 13.2 Å². The lowest BCUT2D eigenvalue weighted by Crippen LogP contribution is -2.51. The normalized spacial score (nSPS) is 15.7. The minimum absolute atomic E-state index is 0.237. The molecule has 1 saturated heterocycles. The van der Waals surface area contributed by atoms with Gasteiger partial charge in [-0.1, -0.05) is 6.07 Å². The zero-order valence-electron chi connectivity index (χ0n) is 14.8. The van der Waals surface area contributed by atoms with E-state index in [1.165, 1.54) is 4.31 Å². The molecule has 138 valence electrons. The summed E-state index contributed by atoms with van der Waals surface area (Å²) in [6.07, 6.45) is 3.20. The summed E-state index contributed by atoms with van der Waals surface area (Å²) in [6, 6.07) is 8.34. The topological polar surface area (TPSA) is 82.6 Å². The zero-order valence-corrected chi connectivity index (χ0v) is 15.7. The minimum Gasteiger partial charge on any atom is -0.322 e. The molecule has 2 heterocycles. The van der Waals surface area contributed by atoms with Crippen molar-refractivity contribution in [2.75, 3.05) is 31.5 Å². The van der Waals surface area contributed by atoms with Crippen LogP contribution in [-0.4, -0.2) is 54.8 Å². The molecule has 0 unspecified atom stereocenters. The van der Waals surface area contributed by atoms with E-state index in [-0.39, 0.29) is 19.1 Å². The third-order valence-electron chi connectivity index (χ3n) is 4.57. The van der Waals surface area contributed by atoms with E-state index >= 15 is 0 Å². The van der Waals surface area contributed by atoms with Crippen molar-refractivity contribution in [3.05, 3.63) is 53.9 Å². The van der Waals surface area contributed by atoms with Gasteiger partial charge in [-0.2, -0.15) is 4.31 Å². The van der Waals surface area contributed by atoms with Gasteiger partial charge in [-0.3, -0.25) is 4.98 Å². The third kappa shape index (κ3) is 3.86. The molecule has 0 spiro atoms. The lowest BCUT2D eigenvalue weighted by atomic mass is 10.1. The number of aryl methyl sites for hydroxylation is 2. The van der Waals surface area contributed by atoms with Crippen LogP contribution in [0, 0.1) is 13.8 Å². The van der Waals surface area contributed by atoms with Gasteiger partial charge in [-0.25, -0.2) is 13.2 Å². The van der Waals surface area contributed by atoms with Crippen LogP contribution in [0.2, 0.25) is 0 Å². The Kier molecular flexibility index (Phi) is 5.24. The summed E-state index contributed by atoms with van der Waals surface area (Å²) in [4.78, 5) is 18.1. The number of pyridine rings is 1. The molecular formula is C18H22N4O3S. The van der Waals surface area contributed by atoms with Gasteiger partial charge < -0.3 is 10.2 Å². The first-order valence-electron chi connectivity index (χ1n) is 8.41. The average molecular weight is 374 g/mol. The van der Waals surface area contributed by atoms with E-state index in [4.69, 9.17) is 0 Å². The number of aromatic nitrogens is 1. The maximum Gasteiger partial charge on any atom is 0.321 e. The number of amides is 2. The number of benzene rings is 1. The molecule has 8 heteroatoms. The maximum atomic E-state index is 12.8. The summed E-state index contributed by atoms with van der Waals surface area (Å²) in [5.41, 5.74) is 2.66. The lowest BCUT2D eigenvalue weighted by Gasteiger charge is -2.34.